The summed E-state index contributed by atoms with van der Waals surface area (Å²) in [6, 6.07) is 1.55. The highest BCUT2D eigenvalue weighted by Crippen LogP contribution is 2.40. The zero-order valence-electron chi connectivity index (χ0n) is 13.9. The third-order valence-corrected chi connectivity index (χ3v) is 5.90. The largest absolute Gasteiger partial charge is 0.311 e. The minimum Gasteiger partial charge on any atom is -0.311 e. The molecule has 2 aliphatic carbocycles. The highest BCUT2D eigenvalue weighted by molar-refractivity contribution is 4.92. The second-order valence-electron chi connectivity index (χ2n) is 8.87. The van der Waals surface area contributed by atoms with Crippen molar-refractivity contribution in [2.24, 2.45) is 16.7 Å². The van der Waals surface area contributed by atoms with Gasteiger partial charge in [0.1, 0.15) is 0 Å². The van der Waals surface area contributed by atoms with Crippen LogP contribution in [-0.2, 0) is 0 Å². The van der Waals surface area contributed by atoms with Crippen LogP contribution in [0, 0.1) is 16.7 Å². The molecule has 2 fully saturated rings. The molecule has 1 nitrogen and oxygen atoms in total. The van der Waals surface area contributed by atoms with Crippen LogP contribution in [0.1, 0.15) is 86.0 Å². The molecule has 2 saturated carbocycles. The molecule has 1 atom stereocenters. The average Bonchev–Trinajstić information content (AvgIpc) is 2.31. The van der Waals surface area contributed by atoms with Gasteiger partial charge in [-0.15, -0.1) is 0 Å². The Balaban J connectivity index is 1.82. The lowest BCUT2D eigenvalue weighted by Crippen LogP contribution is -2.49. The monoisotopic (exact) mass is 265 g/mol. The van der Waals surface area contributed by atoms with Crippen molar-refractivity contribution in [2.75, 3.05) is 0 Å². The Hall–Kier alpha value is -0.0400. The first kappa shape index (κ1) is 15.4. The number of hydrogen-bond acceptors (Lipinski definition) is 1. The van der Waals surface area contributed by atoms with Crippen LogP contribution in [0.25, 0.3) is 0 Å². The van der Waals surface area contributed by atoms with E-state index in [0.29, 0.717) is 10.8 Å². The topological polar surface area (TPSA) is 12.0 Å². The minimum atomic E-state index is 0.509. The normalized spacial score (nSPS) is 36.2. The predicted octanol–water partition coefficient (Wildman–Crippen LogP) is 5.15. The quantitative estimate of drug-likeness (QED) is 0.728. The Labute approximate surface area is 120 Å². The third-order valence-electron chi connectivity index (χ3n) is 5.90. The molecule has 0 aromatic heterocycles. The first-order chi connectivity index (χ1) is 8.79. The molecule has 0 spiro atoms. The third kappa shape index (κ3) is 3.97. The number of rotatable bonds is 2. The lowest BCUT2D eigenvalue weighted by molar-refractivity contribution is 0.118. The van der Waals surface area contributed by atoms with Gasteiger partial charge in [-0.05, 0) is 55.3 Å². The molecule has 2 rings (SSSR count). The summed E-state index contributed by atoms with van der Waals surface area (Å²) in [5, 5.41) is 4.02. The second kappa shape index (κ2) is 5.76. The van der Waals surface area contributed by atoms with E-state index in [9.17, 15) is 0 Å². The van der Waals surface area contributed by atoms with E-state index < -0.39 is 0 Å². The van der Waals surface area contributed by atoms with Crippen LogP contribution in [0.4, 0.5) is 0 Å². The van der Waals surface area contributed by atoms with Crippen LogP contribution in [-0.4, -0.2) is 12.1 Å². The fourth-order valence-corrected chi connectivity index (χ4v) is 4.21. The molecule has 0 aliphatic heterocycles. The molecule has 0 radical (unpaired) electrons. The van der Waals surface area contributed by atoms with Crippen LogP contribution in [0.2, 0.25) is 0 Å². The molecule has 0 saturated heterocycles. The molecular formula is C18H35N. The molecule has 0 bridgehead atoms. The van der Waals surface area contributed by atoms with E-state index >= 15 is 0 Å². The van der Waals surface area contributed by atoms with Crippen LogP contribution < -0.4 is 5.32 Å². The van der Waals surface area contributed by atoms with Crippen LogP contribution >= 0.6 is 0 Å². The Morgan fingerprint density at radius 2 is 1.53 bits per heavy atom. The van der Waals surface area contributed by atoms with Gasteiger partial charge in [-0.25, -0.2) is 0 Å². The fraction of sp³-hybridized carbons (Fsp3) is 1.00. The maximum absolute atomic E-state index is 4.02. The van der Waals surface area contributed by atoms with Crippen LogP contribution in [0.5, 0.6) is 0 Å². The number of nitrogens with one attached hydrogen (secondary N) is 1. The summed E-state index contributed by atoms with van der Waals surface area (Å²) in [6.45, 7) is 12.2. The molecule has 19 heavy (non-hydrogen) atoms. The zero-order valence-corrected chi connectivity index (χ0v) is 13.9. The SMILES string of the molecule is CC(C)(C)C1CCC(NC2CCCCC2(C)C)CC1. The highest BCUT2D eigenvalue weighted by Gasteiger charge is 2.35. The highest BCUT2D eigenvalue weighted by atomic mass is 15.0. The summed E-state index contributed by atoms with van der Waals surface area (Å²) in [6.07, 6.45) is 11.3. The second-order valence-corrected chi connectivity index (χ2v) is 8.87. The Morgan fingerprint density at radius 3 is 2.05 bits per heavy atom. The zero-order chi connectivity index (χ0) is 14.1. The van der Waals surface area contributed by atoms with Crippen molar-refractivity contribution in [1.82, 2.24) is 5.32 Å². The summed E-state index contributed by atoms with van der Waals surface area (Å²) in [5.74, 6) is 0.935. The standard InChI is InChI=1S/C18H35N/c1-17(2,3)14-9-11-15(12-10-14)19-16-8-6-7-13-18(16,4)5/h14-16,19H,6-13H2,1-5H3. The Kier molecular flexibility index (Phi) is 4.65. The lowest BCUT2D eigenvalue weighted by Gasteiger charge is -2.44. The molecule has 1 heteroatoms. The van der Waals surface area contributed by atoms with E-state index in [0.717, 1.165) is 18.0 Å². The Morgan fingerprint density at radius 1 is 0.895 bits per heavy atom. The van der Waals surface area contributed by atoms with Gasteiger partial charge in [0.2, 0.25) is 0 Å². The molecule has 112 valence electrons. The molecule has 1 N–H and O–H groups in total. The van der Waals surface area contributed by atoms with Gasteiger partial charge in [0.05, 0.1) is 0 Å². The van der Waals surface area contributed by atoms with Crippen molar-refractivity contribution in [3.8, 4) is 0 Å². The van der Waals surface area contributed by atoms with E-state index in [1.807, 2.05) is 0 Å². The van der Waals surface area contributed by atoms with Crippen molar-refractivity contribution in [3.05, 3.63) is 0 Å². The van der Waals surface area contributed by atoms with Crippen LogP contribution in [0.3, 0.4) is 0 Å². The van der Waals surface area contributed by atoms with Gasteiger partial charge < -0.3 is 5.32 Å². The maximum Gasteiger partial charge on any atom is 0.0121 e. The number of hydrogen-bond donors (Lipinski definition) is 1. The predicted molar refractivity (Wildman–Crippen MR) is 84.4 cm³/mol. The van der Waals surface area contributed by atoms with Crippen molar-refractivity contribution >= 4 is 0 Å². The van der Waals surface area contributed by atoms with E-state index in [1.165, 1.54) is 51.4 Å². The first-order valence-electron chi connectivity index (χ1n) is 8.55. The summed E-state index contributed by atoms with van der Waals surface area (Å²) in [7, 11) is 0. The van der Waals surface area contributed by atoms with E-state index in [2.05, 4.69) is 39.9 Å². The molecule has 0 heterocycles. The van der Waals surface area contributed by atoms with Crippen molar-refractivity contribution < 1.29 is 0 Å². The lowest BCUT2D eigenvalue weighted by atomic mass is 9.70. The van der Waals surface area contributed by atoms with Crippen molar-refractivity contribution in [1.29, 1.82) is 0 Å². The first-order valence-corrected chi connectivity index (χ1v) is 8.55. The summed E-state index contributed by atoms with van der Waals surface area (Å²) >= 11 is 0. The fourth-order valence-electron chi connectivity index (χ4n) is 4.21. The molecule has 0 aromatic carbocycles. The van der Waals surface area contributed by atoms with Gasteiger partial charge in [-0.2, -0.15) is 0 Å². The van der Waals surface area contributed by atoms with E-state index in [4.69, 9.17) is 0 Å². The maximum atomic E-state index is 4.02. The molecule has 1 unspecified atom stereocenters. The van der Waals surface area contributed by atoms with Crippen LogP contribution in [0.15, 0.2) is 0 Å². The molecule has 0 amide bonds. The summed E-state index contributed by atoms with van der Waals surface area (Å²) in [4.78, 5) is 0. The van der Waals surface area contributed by atoms with Crippen molar-refractivity contribution in [2.45, 2.75) is 98.1 Å². The van der Waals surface area contributed by atoms with Gasteiger partial charge >= 0.3 is 0 Å². The van der Waals surface area contributed by atoms with Crippen molar-refractivity contribution in [3.63, 3.8) is 0 Å². The Bertz CT molecular complexity index is 279. The van der Waals surface area contributed by atoms with Gasteiger partial charge in [0.25, 0.3) is 0 Å². The summed E-state index contributed by atoms with van der Waals surface area (Å²) < 4.78 is 0. The van der Waals surface area contributed by atoms with E-state index in [-0.39, 0.29) is 0 Å². The van der Waals surface area contributed by atoms with Gasteiger partial charge in [0.15, 0.2) is 0 Å². The molecule has 2 aliphatic rings. The summed E-state index contributed by atoms with van der Waals surface area (Å²) in [5.41, 5.74) is 1.02. The smallest absolute Gasteiger partial charge is 0.0121 e. The average molecular weight is 265 g/mol. The van der Waals surface area contributed by atoms with Gasteiger partial charge in [-0.3, -0.25) is 0 Å². The molecular weight excluding hydrogens is 230 g/mol. The van der Waals surface area contributed by atoms with Gasteiger partial charge in [-0.1, -0.05) is 47.5 Å². The molecule has 0 aromatic rings. The van der Waals surface area contributed by atoms with Gasteiger partial charge in [0, 0.05) is 12.1 Å². The van der Waals surface area contributed by atoms with E-state index in [1.54, 1.807) is 0 Å². The minimum absolute atomic E-state index is 0.509.